The van der Waals surface area contributed by atoms with Crippen LogP contribution < -0.4 is 10.5 Å². The van der Waals surface area contributed by atoms with Crippen LogP contribution >= 0.6 is 0 Å². The lowest BCUT2D eigenvalue weighted by atomic mass is 9.79. The van der Waals surface area contributed by atoms with E-state index in [1.165, 1.54) is 36.8 Å². The van der Waals surface area contributed by atoms with Gasteiger partial charge in [-0.3, -0.25) is 0 Å². The molecule has 2 N–H and O–H groups in total. The highest BCUT2D eigenvalue weighted by Crippen LogP contribution is 2.39. The molecule has 0 amide bonds. The van der Waals surface area contributed by atoms with Gasteiger partial charge in [-0.05, 0) is 82.7 Å². The van der Waals surface area contributed by atoms with Crippen molar-refractivity contribution in [3.63, 3.8) is 0 Å². The Kier molecular flexibility index (Phi) is 6.93. The first-order valence-corrected chi connectivity index (χ1v) is 9.18. The molecule has 0 bridgehead atoms. The van der Waals surface area contributed by atoms with E-state index in [2.05, 4.69) is 31.0 Å². The van der Waals surface area contributed by atoms with Crippen LogP contribution in [0.3, 0.4) is 0 Å². The second-order valence-electron chi connectivity index (χ2n) is 7.39. The summed E-state index contributed by atoms with van der Waals surface area (Å²) in [6, 6.07) is 4.94. The zero-order valence-electron chi connectivity index (χ0n) is 16.0. The number of methoxy groups -OCH3 is 1. The molecule has 0 heterocycles. The Bertz CT molecular complexity index is 523. The third kappa shape index (κ3) is 4.87. The number of anilines is 1. The fraction of sp³-hybridized carbons (Fsp3) is 0.700. The lowest BCUT2D eigenvalue weighted by molar-refractivity contribution is 0.119. The minimum atomic E-state index is 0.146. The summed E-state index contributed by atoms with van der Waals surface area (Å²) < 4.78 is 11.1. The summed E-state index contributed by atoms with van der Waals surface area (Å²) in [4.78, 5) is 2.45. The van der Waals surface area contributed by atoms with Gasteiger partial charge in [-0.2, -0.15) is 0 Å². The molecule has 0 aromatic heterocycles. The van der Waals surface area contributed by atoms with Crippen molar-refractivity contribution in [1.29, 1.82) is 0 Å². The molecule has 0 spiro atoms. The number of hydrogen-bond acceptors (Lipinski definition) is 4. The molecular weight excluding hydrogens is 300 g/mol. The number of benzene rings is 1. The summed E-state index contributed by atoms with van der Waals surface area (Å²) in [5.41, 5.74) is 9.59. The van der Waals surface area contributed by atoms with Gasteiger partial charge in [0.2, 0.25) is 0 Å². The Labute approximate surface area is 147 Å². The maximum atomic E-state index is 6.13. The van der Waals surface area contributed by atoms with E-state index in [0.717, 1.165) is 24.6 Å². The number of nitrogens with zero attached hydrogens (tertiary/aromatic N) is 1. The Morgan fingerprint density at radius 1 is 1.21 bits per heavy atom. The van der Waals surface area contributed by atoms with Crippen LogP contribution in [0.25, 0.3) is 0 Å². The smallest absolute Gasteiger partial charge is 0.142 e. The van der Waals surface area contributed by atoms with Crippen LogP contribution in [0.5, 0.6) is 5.75 Å². The Hall–Kier alpha value is -1.26. The standard InChI is InChI=1S/C20H34N2O2/c1-14(2)24-20-13-18(15(3)12-19(20)21)16-6-8-17(9-7-16)22(4)10-11-23-5/h12-14,16-17H,6-11,21H2,1-5H3/t16-,17-. The molecule has 1 aliphatic carbocycles. The highest BCUT2D eigenvalue weighted by molar-refractivity contribution is 5.57. The number of rotatable bonds is 7. The van der Waals surface area contributed by atoms with Crippen LogP contribution in [0, 0.1) is 6.92 Å². The van der Waals surface area contributed by atoms with Gasteiger partial charge in [0.1, 0.15) is 5.75 Å². The zero-order valence-corrected chi connectivity index (χ0v) is 16.0. The minimum Gasteiger partial charge on any atom is -0.489 e. The van der Waals surface area contributed by atoms with Crippen molar-refractivity contribution in [2.75, 3.05) is 33.0 Å². The fourth-order valence-corrected chi connectivity index (χ4v) is 3.77. The number of aryl methyl sites for hydroxylation is 1. The van der Waals surface area contributed by atoms with E-state index < -0.39 is 0 Å². The van der Waals surface area contributed by atoms with Crippen molar-refractivity contribution in [2.24, 2.45) is 0 Å². The first kappa shape index (κ1) is 19.1. The Morgan fingerprint density at radius 3 is 2.46 bits per heavy atom. The van der Waals surface area contributed by atoms with E-state index in [1.54, 1.807) is 7.11 Å². The van der Waals surface area contributed by atoms with Crippen LogP contribution in [0.4, 0.5) is 5.69 Å². The highest BCUT2D eigenvalue weighted by Gasteiger charge is 2.26. The van der Waals surface area contributed by atoms with Gasteiger partial charge in [0, 0.05) is 19.7 Å². The molecule has 1 aromatic rings. The first-order valence-electron chi connectivity index (χ1n) is 9.18. The second-order valence-corrected chi connectivity index (χ2v) is 7.39. The summed E-state index contributed by atoms with van der Waals surface area (Å²) in [6.45, 7) is 8.07. The van der Waals surface area contributed by atoms with Crippen molar-refractivity contribution in [3.8, 4) is 5.75 Å². The molecule has 136 valence electrons. The molecular formula is C20H34N2O2. The van der Waals surface area contributed by atoms with E-state index in [0.29, 0.717) is 12.0 Å². The molecule has 1 aliphatic rings. The monoisotopic (exact) mass is 334 g/mol. The Morgan fingerprint density at radius 2 is 1.88 bits per heavy atom. The summed E-state index contributed by atoms with van der Waals surface area (Å²) in [6.07, 6.45) is 5.10. The Balaban J connectivity index is 2.03. The van der Waals surface area contributed by atoms with Gasteiger partial charge >= 0.3 is 0 Å². The number of hydrogen-bond donors (Lipinski definition) is 1. The average Bonchev–Trinajstić information content (AvgIpc) is 2.55. The van der Waals surface area contributed by atoms with Gasteiger partial charge in [0.25, 0.3) is 0 Å². The van der Waals surface area contributed by atoms with Crippen molar-refractivity contribution >= 4 is 5.69 Å². The number of ether oxygens (including phenoxy) is 2. The molecule has 1 saturated carbocycles. The van der Waals surface area contributed by atoms with Crippen molar-refractivity contribution in [3.05, 3.63) is 23.3 Å². The lowest BCUT2D eigenvalue weighted by Gasteiger charge is -2.35. The van der Waals surface area contributed by atoms with Crippen molar-refractivity contribution in [2.45, 2.75) is 64.5 Å². The van der Waals surface area contributed by atoms with Gasteiger partial charge in [-0.25, -0.2) is 0 Å². The fourth-order valence-electron chi connectivity index (χ4n) is 3.77. The lowest BCUT2D eigenvalue weighted by Crippen LogP contribution is -2.36. The van der Waals surface area contributed by atoms with Crippen molar-refractivity contribution in [1.82, 2.24) is 4.90 Å². The maximum Gasteiger partial charge on any atom is 0.142 e. The van der Waals surface area contributed by atoms with E-state index in [1.807, 2.05) is 13.8 Å². The SMILES string of the molecule is COCCN(C)[C@H]1CC[C@H](c2cc(OC(C)C)c(N)cc2C)CC1. The van der Waals surface area contributed by atoms with E-state index in [9.17, 15) is 0 Å². The molecule has 1 aromatic carbocycles. The number of nitrogen functional groups attached to an aromatic ring is 1. The van der Waals surface area contributed by atoms with Crippen molar-refractivity contribution < 1.29 is 9.47 Å². The third-order valence-corrected chi connectivity index (χ3v) is 5.17. The van der Waals surface area contributed by atoms with Gasteiger partial charge in [0.15, 0.2) is 0 Å². The van der Waals surface area contributed by atoms with Gasteiger partial charge in [0.05, 0.1) is 18.4 Å². The van der Waals surface area contributed by atoms with E-state index in [-0.39, 0.29) is 6.10 Å². The van der Waals surface area contributed by atoms with E-state index >= 15 is 0 Å². The summed E-state index contributed by atoms with van der Waals surface area (Å²) in [5.74, 6) is 1.46. The molecule has 24 heavy (non-hydrogen) atoms. The minimum absolute atomic E-state index is 0.146. The molecule has 0 aliphatic heterocycles. The zero-order chi connectivity index (χ0) is 17.7. The van der Waals surface area contributed by atoms with Crippen LogP contribution in [0.2, 0.25) is 0 Å². The van der Waals surface area contributed by atoms with Crippen LogP contribution in [0.15, 0.2) is 12.1 Å². The summed E-state index contributed by atoms with van der Waals surface area (Å²) in [5, 5.41) is 0. The van der Waals surface area contributed by atoms with Crippen LogP contribution in [0.1, 0.15) is 56.6 Å². The highest BCUT2D eigenvalue weighted by atomic mass is 16.5. The molecule has 0 unspecified atom stereocenters. The summed E-state index contributed by atoms with van der Waals surface area (Å²) >= 11 is 0. The van der Waals surface area contributed by atoms with Gasteiger partial charge < -0.3 is 20.1 Å². The van der Waals surface area contributed by atoms with Gasteiger partial charge in [-0.1, -0.05) is 0 Å². The van der Waals surface area contributed by atoms with E-state index in [4.69, 9.17) is 15.2 Å². The predicted octanol–water partition coefficient (Wildman–Crippen LogP) is 3.97. The molecule has 4 nitrogen and oxygen atoms in total. The van der Waals surface area contributed by atoms with Gasteiger partial charge in [-0.15, -0.1) is 0 Å². The largest absolute Gasteiger partial charge is 0.489 e. The van der Waals surface area contributed by atoms with Crippen LogP contribution in [-0.4, -0.2) is 44.4 Å². The number of nitrogens with two attached hydrogens (primary N) is 1. The maximum absolute atomic E-state index is 6.13. The molecule has 0 atom stereocenters. The second kappa shape index (κ2) is 8.72. The molecule has 1 fully saturated rings. The molecule has 0 radical (unpaired) electrons. The molecule has 0 saturated heterocycles. The predicted molar refractivity (Wildman–Crippen MR) is 101 cm³/mol. The quantitative estimate of drug-likeness (QED) is 0.767. The average molecular weight is 335 g/mol. The summed E-state index contributed by atoms with van der Waals surface area (Å²) in [7, 11) is 3.98. The van der Waals surface area contributed by atoms with Crippen LogP contribution in [-0.2, 0) is 4.74 Å². The normalized spacial score (nSPS) is 21.5. The third-order valence-electron chi connectivity index (χ3n) is 5.17. The molecule has 4 heteroatoms. The molecule has 2 rings (SSSR count). The number of likely N-dealkylation sites (N-methyl/N-ethyl adjacent to an activating group) is 1. The first-order chi connectivity index (χ1) is 11.4. The topological polar surface area (TPSA) is 47.7 Å².